The summed E-state index contributed by atoms with van der Waals surface area (Å²) in [6.07, 6.45) is 5.35. The van der Waals surface area contributed by atoms with Crippen molar-refractivity contribution in [3.63, 3.8) is 0 Å². The first-order valence-electron chi connectivity index (χ1n) is 6.91. The van der Waals surface area contributed by atoms with Crippen molar-refractivity contribution in [2.45, 2.75) is 32.1 Å². The van der Waals surface area contributed by atoms with E-state index in [9.17, 15) is 4.79 Å². The first-order chi connectivity index (χ1) is 9.63. The number of benzene rings is 1. The van der Waals surface area contributed by atoms with Gasteiger partial charge in [-0.05, 0) is 25.0 Å². The van der Waals surface area contributed by atoms with E-state index in [-0.39, 0.29) is 16.8 Å². The second-order valence-corrected chi connectivity index (χ2v) is 5.51. The van der Waals surface area contributed by atoms with Gasteiger partial charge in [0, 0.05) is 11.5 Å². The number of ether oxygens (including phenoxy) is 1. The molecule has 1 aliphatic rings. The van der Waals surface area contributed by atoms with Gasteiger partial charge in [0.15, 0.2) is 0 Å². The SMILES string of the molecule is COc1cccc(C(N)=S)c1NC(=O)C1CCCCC1. The largest absolute Gasteiger partial charge is 0.495 e. The smallest absolute Gasteiger partial charge is 0.227 e. The molecule has 4 nitrogen and oxygen atoms in total. The highest BCUT2D eigenvalue weighted by molar-refractivity contribution is 7.80. The van der Waals surface area contributed by atoms with Crippen molar-refractivity contribution >= 4 is 28.8 Å². The normalized spacial score (nSPS) is 15.7. The molecule has 1 fully saturated rings. The van der Waals surface area contributed by atoms with Crippen LogP contribution in [0.25, 0.3) is 0 Å². The Morgan fingerprint density at radius 2 is 2.05 bits per heavy atom. The third kappa shape index (κ3) is 3.28. The first-order valence-corrected chi connectivity index (χ1v) is 7.32. The summed E-state index contributed by atoms with van der Waals surface area (Å²) in [7, 11) is 1.56. The standard InChI is InChI=1S/C15H20N2O2S/c1-19-12-9-5-8-11(14(16)20)13(12)17-15(18)10-6-3-2-4-7-10/h5,8-10H,2-4,6-7H2,1H3,(H2,16,20)(H,17,18). The molecule has 1 aromatic carbocycles. The summed E-state index contributed by atoms with van der Waals surface area (Å²) in [5.74, 6) is 0.694. The van der Waals surface area contributed by atoms with Gasteiger partial charge in [-0.3, -0.25) is 4.79 Å². The molecule has 1 saturated carbocycles. The van der Waals surface area contributed by atoms with E-state index in [1.54, 1.807) is 19.2 Å². The summed E-state index contributed by atoms with van der Waals surface area (Å²) in [6, 6.07) is 5.39. The number of nitrogens with two attached hydrogens (primary N) is 1. The van der Waals surface area contributed by atoms with Crippen LogP contribution in [0.4, 0.5) is 5.69 Å². The van der Waals surface area contributed by atoms with Crippen molar-refractivity contribution in [2.75, 3.05) is 12.4 Å². The van der Waals surface area contributed by atoms with Crippen LogP contribution >= 0.6 is 12.2 Å². The highest BCUT2D eigenvalue weighted by atomic mass is 32.1. The van der Waals surface area contributed by atoms with Gasteiger partial charge in [0.05, 0.1) is 12.8 Å². The van der Waals surface area contributed by atoms with E-state index in [2.05, 4.69) is 5.32 Å². The lowest BCUT2D eigenvalue weighted by Crippen LogP contribution is -2.26. The Kier molecular flexibility index (Phi) is 4.95. The minimum atomic E-state index is 0.0340. The van der Waals surface area contributed by atoms with Crippen LogP contribution in [0.3, 0.4) is 0 Å². The maximum atomic E-state index is 12.4. The van der Waals surface area contributed by atoms with Gasteiger partial charge in [0.1, 0.15) is 10.7 Å². The third-order valence-electron chi connectivity index (χ3n) is 3.74. The molecular formula is C15H20N2O2S. The fourth-order valence-corrected chi connectivity index (χ4v) is 2.80. The van der Waals surface area contributed by atoms with Crippen LogP contribution in [0.2, 0.25) is 0 Å². The quantitative estimate of drug-likeness (QED) is 0.838. The van der Waals surface area contributed by atoms with Gasteiger partial charge in [0.2, 0.25) is 5.91 Å². The molecule has 20 heavy (non-hydrogen) atoms. The summed E-state index contributed by atoms with van der Waals surface area (Å²) < 4.78 is 5.29. The number of para-hydroxylation sites is 1. The zero-order valence-electron chi connectivity index (χ0n) is 11.6. The predicted molar refractivity (Wildman–Crippen MR) is 84.1 cm³/mol. The van der Waals surface area contributed by atoms with Crippen molar-refractivity contribution in [3.05, 3.63) is 23.8 Å². The average Bonchev–Trinajstić information content (AvgIpc) is 2.48. The van der Waals surface area contributed by atoms with E-state index < -0.39 is 0 Å². The molecule has 5 heteroatoms. The Hall–Kier alpha value is -1.62. The first kappa shape index (κ1) is 14.8. The van der Waals surface area contributed by atoms with Crippen LogP contribution in [-0.4, -0.2) is 18.0 Å². The van der Waals surface area contributed by atoms with Crippen molar-refractivity contribution in [3.8, 4) is 5.75 Å². The van der Waals surface area contributed by atoms with Crippen LogP contribution in [0.1, 0.15) is 37.7 Å². The fraction of sp³-hybridized carbons (Fsp3) is 0.467. The number of thiocarbonyl (C=S) groups is 1. The maximum Gasteiger partial charge on any atom is 0.227 e. The fourth-order valence-electron chi connectivity index (χ4n) is 2.63. The Bertz CT molecular complexity index is 511. The number of amides is 1. The van der Waals surface area contributed by atoms with E-state index in [1.807, 2.05) is 6.07 Å². The van der Waals surface area contributed by atoms with Crippen molar-refractivity contribution in [2.24, 2.45) is 11.7 Å². The zero-order valence-corrected chi connectivity index (χ0v) is 12.5. The van der Waals surface area contributed by atoms with Gasteiger partial charge in [-0.1, -0.05) is 37.5 Å². The maximum absolute atomic E-state index is 12.4. The Morgan fingerprint density at radius 1 is 1.35 bits per heavy atom. The van der Waals surface area contributed by atoms with Crippen LogP contribution in [-0.2, 0) is 4.79 Å². The summed E-state index contributed by atoms with van der Waals surface area (Å²) in [5.41, 5.74) is 6.94. The second kappa shape index (κ2) is 6.70. The number of anilines is 1. The molecule has 1 amide bonds. The molecule has 0 atom stereocenters. The van der Waals surface area contributed by atoms with E-state index in [4.69, 9.17) is 22.7 Å². The van der Waals surface area contributed by atoms with Gasteiger partial charge in [-0.25, -0.2) is 0 Å². The number of methoxy groups -OCH3 is 1. The van der Waals surface area contributed by atoms with Gasteiger partial charge in [-0.2, -0.15) is 0 Å². The van der Waals surface area contributed by atoms with Crippen LogP contribution in [0, 0.1) is 5.92 Å². The molecule has 3 N–H and O–H groups in total. The van der Waals surface area contributed by atoms with E-state index in [1.165, 1.54) is 6.42 Å². The number of nitrogens with one attached hydrogen (secondary N) is 1. The Balaban J connectivity index is 2.22. The lowest BCUT2D eigenvalue weighted by atomic mass is 9.88. The number of carbonyl (C=O) groups excluding carboxylic acids is 1. The minimum absolute atomic E-state index is 0.0340. The molecule has 0 bridgehead atoms. The monoisotopic (exact) mass is 292 g/mol. The highest BCUT2D eigenvalue weighted by Crippen LogP contribution is 2.31. The number of rotatable bonds is 4. The molecular weight excluding hydrogens is 272 g/mol. The molecule has 108 valence electrons. The molecule has 0 heterocycles. The Morgan fingerprint density at radius 3 is 2.65 bits per heavy atom. The van der Waals surface area contributed by atoms with Gasteiger partial charge < -0.3 is 15.8 Å². The molecule has 0 saturated heterocycles. The van der Waals surface area contributed by atoms with E-state index in [0.717, 1.165) is 25.7 Å². The van der Waals surface area contributed by atoms with Gasteiger partial charge >= 0.3 is 0 Å². The second-order valence-electron chi connectivity index (χ2n) is 5.07. The van der Waals surface area contributed by atoms with E-state index in [0.29, 0.717) is 17.0 Å². The summed E-state index contributed by atoms with van der Waals surface area (Å²) in [6.45, 7) is 0. The molecule has 0 radical (unpaired) electrons. The summed E-state index contributed by atoms with van der Waals surface area (Å²) in [5, 5.41) is 2.95. The molecule has 0 aliphatic heterocycles. The topological polar surface area (TPSA) is 64.3 Å². The van der Waals surface area contributed by atoms with Gasteiger partial charge in [-0.15, -0.1) is 0 Å². The Labute approximate surface area is 124 Å². The van der Waals surface area contributed by atoms with Crippen LogP contribution in [0.15, 0.2) is 18.2 Å². The van der Waals surface area contributed by atoms with E-state index >= 15 is 0 Å². The number of hydrogen-bond acceptors (Lipinski definition) is 3. The summed E-state index contributed by atoms with van der Waals surface area (Å²) in [4.78, 5) is 12.6. The lowest BCUT2D eigenvalue weighted by Gasteiger charge is -2.22. The minimum Gasteiger partial charge on any atom is -0.495 e. The molecule has 0 aromatic heterocycles. The third-order valence-corrected chi connectivity index (χ3v) is 3.96. The van der Waals surface area contributed by atoms with Crippen LogP contribution < -0.4 is 15.8 Å². The zero-order chi connectivity index (χ0) is 14.5. The van der Waals surface area contributed by atoms with Gasteiger partial charge in [0.25, 0.3) is 0 Å². The summed E-state index contributed by atoms with van der Waals surface area (Å²) >= 11 is 5.04. The number of carbonyl (C=O) groups is 1. The molecule has 0 spiro atoms. The molecule has 0 unspecified atom stereocenters. The molecule has 1 aliphatic carbocycles. The number of hydrogen-bond donors (Lipinski definition) is 2. The molecule has 1 aromatic rings. The predicted octanol–water partition coefficient (Wildman–Crippen LogP) is 2.85. The van der Waals surface area contributed by atoms with Crippen molar-refractivity contribution < 1.29 is 9.53 Å². The molecule has 2 rings (SSSR count). The highest BCUT2D eigenvalue weighted by Gasteiger charge is 2.23. The van der Waals surface area contributed by atoms with Crippen LogP contribution in [0.5, 0.6) is 5.75 Å². The lowest BCUT2D eigenvalue weighted by molar-refractivity contribution is -0.120. The van der Waals surface area contributed by atoms with Crippen molar-refractivity contribution in [1.82, 2.24) is 0 Å². The average molecular weight is 292 g/mol. The van der Waals surface area contributed by atoms with Crippen molar-refractivity contribution in [1.29, 1.82) is 0 Å².